The SMILES string of the molecule is CCSc1nnc(NC(=O)c2ccc3c(c2)C[C@@H](C)N3S(C)(=O)=O)s1. The van der Waals surface area contributed by atoms with E-state index >= 15 is 0 Å². The Morgan fingerprint density at radius 1 is 1.44 bits per heavy atom. The fourth-order valence-electron chi connectivity index (χ4n) is 2.86. The molecule has 0 spiro atoms. The average molecular weight is 399 g/mol. The van der Waals surface area contributed by atoms with E-state index in [1.54, 1.807) is 30.0 Å². The molecule has 7 nitrogen and oxygen atoms in total. The number of amides is 1. The highest BCUT2D eigenvalue weighted by Crippen LogP contribution is 2.35. The van der Waals surface area contributed by atoms with Crippen molar-refractivity contribution >= 4 is 49.8 Å². The van der Waals surface area contributed by atoms with Crippen molar-refractivity contribution in [3.05, 3.63) is 29.3 Å². The van der Waals surface area contributed by atoms with E-state index in [-0.39, 0.29) is 11.9 Å². The number of rotatable bonds is 5. The molecule has 0 aliphatic carbocycles. The van der Waals surface area contributed by atoms with Crippen LogP contribution in [0.25, 0.3) is 0 Å². The lowest BCUT2D eigenvalue weighted by Gasteiger charge is -2.21. The normalized spacial score (nSPS) is 16.8. The van der Waals surface area contributed by atoms with Gasteiger partial charge < -0.3 is 0 Å². The number of thioether (sulfide) groups is 1. The minimum atomic E-state index is -3.34. The largest absolute Gasteiger partial charge is 0.296 e. The van der Waals surface area contributed by atoms with Crippen molar-refractivity contribution in [3.63, 3.8) is 0 Å². The fraction of sp³-hybridized carbons (Fsp3) is 0.400. The molecule has 1 N–H and O–H groups in total. The van der Waals surface area contributed by atoms with Gasteiger partial charge in [-0.05, 0) is 42.9 Å². The highest BCUT2D eigenvalue weighted by atomic mass is 32.2. The minimum Gasteiger partial charge on any atom is -0.296 e. The number of carbonyl (C=O) groups excluding carboxylic acids is 1. The number of hydrogen-bond donors (Lipinski definition) is 1. The first kappa shape index (κ1) is 18.2. The van der Waals surface area contributed by atoms with Gasteiger partial charge in [0.15, 0.2) is 4.34 Å². The van der Waals surface area contributed by atoms with Crippen LogP contribution in [0.15, 0.2) is 22.5 Å². The molecule has 1 aromatic heterocycles. The molecule has 1 aliphatic heterocycles. The first-order valence-electron chi connectivity index (χ1n) is 7.69. The van der Waals surface area contributed by atoms with Crippen molar-refractivity contribution in [2.45, 2.75) is 30.6 Å². The van der Waals surface area contributed by atoms with Crippen LogP contribution in [0.2, 0.25) is 0 Å². The Morgan fingerprint density at radius 2 is 2.20 bits per heavy atom. The van der Waals surface area contributed by atoms with Gasteiger partial charge in [0, 0.05) is 11.6 Å². The van der Waals surface area contributed by atoms with Gasteiger partial charge in [-0.25, -0.2) is 8.42 Å². The number of aromatic nitrogens is 2. The number of nitrogens with one attached hydrogen (secondary N) is 1. The summed E-state index contributed by atoms with van der Waals surface area (Å²) >= 11 is 2.90. The molecule has 2 heterocycles. The second-order valence-corrected chi connectivity index (χ2v) is 10.1. The number of sulfonamides is 1. The third kappa shape index (κ3) is 3.80. The summed E-state index contributed by atoms with van der Waals surface area (Å²) in [4.78, 5) is 12.4. The molecule has 1 aliphatic rings. The van der Waals surface area contributed by atoms with Crippen molar-refractivity contribution in [1.82, 2.24) is 10.2 Å². The summed E-state index contributed by atoms with van der Waals surface area (Å²) in [5.74, 6) is 0.611. The molecular weight excluding hydrogens is 380 g/mol. The molecule has 0 saturated carbocycles. The van der Waals surface area contributed by atoms with Gasteiger partial charge in [0.05, 0.1) is 11.9 Å². The quantitative estimate of drug-likeness (QED) is 0.615. The number of nitrogens with zero attached hydrogens (tertiary/aromatic N) is 3. The van der Waals surface area contributed by atoms with Gasteiger partial charge in [0.25, 0.3) is 5.91 Å². The summed E-state index contributed by atoms with van der Waals surface area (Å²) in [6.07, 6.45) is 1.78. The first-order chi connectivity index (χ1) is 11.8. The second kappa shape index (κ2) is 6.93. The van der Waals surface area contributed by atoms with Crippen LogP contribution < -0.4 is 9.62 Å². The summed E-state index contributed by atoms with van der Waals surface area (Å²) in [5.41, 5.74) is 1.97. The highest BCUT2D eigenvalue weighted by Gasteiger charge is 2.32. The Morgan fingerprint density at radius 3 is 2.88 bits per heavy atom. The van der Waals surface area contributed by atoms with Gasteiger partial charge in [-0.3, -0.25) is 14.4 Å². The van der Waals surface area contributed by atoms with Crippen LogP contribution in [0.3, 0.4) is 0 Å². The van der Waals surface area contributed by atoms with Crippen LogP contribution in [-0.4, -0.2) is 42.6 Å². The molecule has 3 rings (SSSR count). The molecule has 134 valence electrons. The molecule has 0 bridgehead atoms. The van der Waals surface area contributed by atoms with Gasteiger partial charge in [-0.15, -0.1) is 10.2 Å². The van der Waals surface area contributed by atoms with Crippen LogP contribution in [0.1, 0.15) is 29.8 Å². The predicted molar refractivity (Wildman–Crippen MR) is 101 cm³/mol. The number of benzene rings is 1. The van der Waals surface area contributed by atoms with Crippen molar-refractivity contribution in [3.8, 4) is 0 Å². The Bertz CT molecular complexity index is 910. The highest BCUT2D eigenvalue weighted by molar-refractivity contribution is 8.01. The fourth-order valence-corrected chi connectivity index (χ4v) is 5.77. The summed E-state index contributed by atoms with van der Waals surface area (Å²) < 4.78 is 26.1. The number of hydrogen-bond acceptors (Lipinski definition) is 7. The van der Waals surface area contributed by atoms with Crippen molar-refractivity contribution < 1.29 is 13.2 Å². The van der Waals surface area contributed by atoms with Crippen LogP contribution in [0.5, 0.6) is 0 Å². The maximum absolute atomic E-state index is 12.4. The molecule has 1 atom stereocenters. The molecule has 1 aromatic carbocycles. The van der Waals surface area contributed by atoms with E-state index in [1.165, 1.54) is 21.9 Å². The molecule has 0 saturated heterocycles. The van der Waals surface area contributed by atoms with E-state index in [1.807, 2.05) is 13.8 Å². The van der Waals surface area contributed by atoms with Gasteiger partial charge in [-0.1, -0.05) is 30.0 Å². The zero-order valence-electron chi connectivity index (χ0n) is 14.0. The van der Waals surface area contributed by atoms with Crippen LogP contribution in [-0.2, 0) is 16.4 Å². The molecule has 0 fully saturated rings. The lowest BCUT2D eigenvalue weighted by molar-refractivity contribution is 0.102. The van der Waals surface area contributed by atoms with E-state index < -0.39 is 10.0 Å². The average Bonchev–Trinajstić information content (AvgIpc) is 3.09. The molecule has 1 amide bonds. The Hall–Kier alpha value is -1.65. The predicted octanol–water partition coefficient (Wildman–Crippen LogP) is 2.61. The molecule has 0 unspecified atom stereocenters. The topological polar surface area (TPSA) is 92.3 Å². The maximum atomic E-state index is 12.4. The van der Waals surface area contributed by atoms with E-state index in [9.17, 15) is 13.2 Å². The molecule has 10 heteroatoms. The summed E-state index contributed by atoms with van der Waals surface area (Å²) in [6.45, 7) is 3.88. The first-order valence-corrected chi connectivity index (χ1v) is 11.3. The van der Waals surface area contributed by atoms with Gasteiger partial charge in [-0.2, -0.15) is 0 Å². The molecular formula is C15H18N4O3S3. The van der Waals surface area contributed by atoms with Gasteiger partial charge in [0.2, 0.25) is 15.2 Å². The molecule has 2 aromatic rings. The van der Waals surface area contributed by atoms with Crippen LogP contribution in [0.4, 0.5) is 10.8 Å². The second-order valence-electron chi connectivity index (χ2n) is 5.72. The Labute approximate surface area is 154 Å². The van der Waals surface area contributed by atoms with Crippen molar-refractivity contribution in [1.29, 1.82) is 0 Å². The third-order valence-electron chi connectivity index (χ3n) is 3.75. The van der Waals surface area contributed by atoms with Gasteiger partial charge >= 0.3 is 0 Å². The Kier molecular flexibility index (Phi) is 5.03. The number of carbonyl (C=O) groups is 1. The molecule has 25 heavy (non-hydrogen) atoms. The van der Waals surface area contributed by atoms with E-state index in [4.69, 9.17) is 0 Å². The van der Waals surface area contributed by atoms with E-state index in [0.717, 1.165) is 15.7 Å². The smallest absolute Gasteiger partial charge is 0.257 e. The zero-order valence-corrected chi connectivity index (χ0v) is 16.5. The van der Waals surface area contributed by atoms with E-state index in [2.05, 4.69) is 15.5 Å². The summed E-state index contributed by atoms with van der Waals surface area (Å²) in [6, 6.07) is 4.91. The zero-order chi connectivity index (χ0) is 18.2. The monoisotopic (exact) mass is 398 g/mol. The van der Waals surface area contributed by atoms with Crippen LogP contribution in [0, 0.1) is 0 Å². The minimum absolute atomic E-state index is 0.153. The van der Waals surface area contributed by atoms with Gasteiger partial charge in [0.1, 0.15) is 0 Å². The molecule has 0 radical (unpaired) electrons. The summed E-state index contributed by atoms with van der Waals surface area (Å²) in [7, 11) is -3.34. The number of anilines is 2. The lowest BCUT2D eigenvalue weighted by atomic mass is 10.1. The Balaban J connectivity index is 1.80. The van der Waals surface area contributed by atoms with Crippen molar-refractivity contribution in [2.75, 3.05) is 21.6 Å². The van der Waals surface area contributed by atoms with Crippen LogP contribution >= 0.6 is 23.1 Å². The number of fused-ring (bicyclic) bond motifs is 1. The maximum Gasteiger partial charge on any atom is 0.257 e. The summed E-state index contributed by atoms with van der Waals surface area (Å²) in [5, 5.41) is 11.2. The van der Waals surface area contributed by atoms with Crippen molar-refractivity contribution in [2.24, 2.45) is 0 Å². The lowest BCUT2D eigenvalue weighted by Crippen LogP contribution is -2.34. The van der Waals surface area contributed by atoms with E-state index in [0.29, 0.717) is 22.8 Å². The standard InChI is InChI=1S/C15H18N4O3S3/c1-4-23-15-18-17-14(24-15)16-13(20)10-5-6-12-11(8-10)7-9(2)19(12)25(3,21)22/h5-6,8-9H,4,7H2,1-3H3,(H,16,17,20)/t9-/m1/s1. The third-order valence-corrected chi connectivity index (χ3v) is 6.87.